The van der Waals surface area contributed by atoms with Crippen molar-refractivity contribution in [1.82, 2.24) is 8.96 Å². The molecule has 0 atom stereocenters. The Kier molecular flexibility index (Phi) is 4.43. The molecule has 0 saturated carbocycles. The van der Waals surface area contributed by atoms with E-state index in [0.717, 1.165) is 9.54 Å². The summed E-state index contributed by atoms with van der Waals surface area (Å²) in [5.74, 6) is -0.410. The maximum absolute atomic E-state index is 13.8. The van der Waals surface area contributed by atoms with Gasteiger partial charge in [0.2, 0.25) is 0 Å². The monoisotopic (exact) mass is 378 g/mol. The number of fused-ring (bicyclic) bond motifs is 1. The zero-order valence-electron chi connectivity index (χ0n) is 13.9. The van der Waals surface area contributed by atoms with Crippen LogP contribution in [0.25, 0.3) is 16.6 Å². The lowest BCUT2D eigenvalue weighted by molar-refractivity contribution is 0.588. The number of halogens is 2. The molecule has 1 aromatic carbocycles. The van der Waals surface area contributed by atoms with Crippen LogP contribution in [0, 0.1) is 6.92 Å². The third kappa shape index (κ3) is 2.96. The average molecular weight is 379 g/mol. The van der Waals surface area contributed by atoms with Gasteiger partial charge in [0.25, 0.3) is 10.0 Å². The molecule has 0 aliphatic rings. The van der Waals surface area contributed by atoms with Crippen LogP contribution in [-0.4, -0.2) is 17.4 Å². The van der Waals surface area contributed by atoms with E-state index < -0.39 is 15.9 Å². The summed E-state index contributed by atoms with van der Waals surface area (Å²) in [5.41, 5.74) is 1.84. The molecule has 0 fully saturated rings. The van der Waals surface area contributed by atoms with Crippen LogP contribution in [0.3, 0.4) is 0 Å². The van der Waals surface area contributed by atoms with Gasteiger partial charge in [-0.15, -0.1) is 0 Å². The standard InChI is InChI=1S/C18H16ClFN2O2S/c1-11-4-6-14(7-5-11)25(23,24)22-10-15(12(2)13(3)20)17-16(19)8-9-21-18(17)22/h4-10H,1-3H3/b13-12-. The second-order valence-electron chi connectivity index (χ2n) is 5.81. The molecule has 0 amide bonds. The number of benzene rings is 1. The van der Waals surface area contributed by atoms with Gasteiger partial charge in [-0.3, -0.25) is 0 Å². The second-order valence-corrected chi connectivity index (χ2v) is 8.03. The molecule has 0 bridgehead atoms. The maximum atomic E-state index is 13.8. The first-order valence-corrected chi connectivity index (χ1v) is 9.36. The Balaban J connectivity index is 2.36. The molecule has 0 unspecified atom stereocenters. The molecule has 3 rings (SSSR count). The van der Waals surface area contributed by atoms with E-state index in [1.54, 1.807) is 25.1 Å². The molecule has 2 aromatic heterocycles. The summed E-state index contributed by atoms with van der Waals surface area (Å²) >= 11 is 6.25. The Morgan fingerprint density at radius 1 is 1.16 bits per heavy atom. The Hall–Kier alpha value is -2.18. The van der Waals surface area contributed by atoms with Gasteiger partial charge in [-0.1, -0.05) is 29.3 Å². The van der Waals surface area contributed by atoms with E-state index >= 15 is 0 Å². The van der Waals surface area contributed by atoms with Gasteiger partial charge in [0.1, 0.15) is 5.83 Å². The number of hydrogen-bond acceptors (Lipinski definition) is 3. The number of allylic oxidation sites excluding steroid dienone is 2. The first-order valence-electron chi connectivity index (χ1n) is 7.54. The lowest BCUT2D eigenvalue weighted by Gasteiger charge is -2.07. The number of nitrogens with zero attached hydrogens (tertiary/aromatic N) is 2. The van der Waals surface area contributed by atoms with Gasteiger partial charge < -0.3 is 0 Å². The van der Waals surface area contributed by atoms with E-state index in [4.69, 9.17) is 11.6 Å². The van der Waals surface area contributed by atoms with Crippen LogP contribution < -0.4 is 0 Å². The first kappa shape index (κ1) is 17.6. The number of hydrogen-bond donors (Lipinski definition) is 0. The molecule has 2 heterocycles. The highest BCUT2D eigenvalue weighted by molar-refractivity contribution is 7.90. The van der Waals surface area contributed by atoms with E-state index in [9.17, 15) is 12.8 Å². The molecule has 25 heavy (non-hydrogen) atoms. The molecule has 0 aliphatic carbocycles. The summed E-state index contributed by atoms with van der Waals surface area (Å²) in [6.07, 6.45) is 2.80. The fourth-order valence-corrected chi connectivity index (χ4v) is 4.12. The number of rotatable bonds is 3. The van der Waals surface area contributed by atoms with Crippen molar-refractivity contribution in [3.05, 3.63) is 64.7 Å². The third-order valence-corrected chi connectivity index (χ3v) is 6.08. The van der Waals surface area contributed by atoms with Crippen LogP contribution in [-0.2, 0) is 10.0 Å². The molecule has 0 N–H and O–H groups in total. The van der Waals surface area contributed by atoms with E-state index in [1.807, 2.05) is 6.92 Å². The normalized spacial score (nSPS) is 13.2. The minimum absolute atomic E-state index is 0.127. The summed E-state index contributed by atoms with van der Waals surface area (Å²) in [5, 5.41) is 0.729. The van der Waals surface area contributed by atoms with Crippen LogP contribution in [0.15, 0.2) is 53.4 Å². The highest BCUT2D eigenvalue weighted by atomic mass is 35.5. The summed E-state index contributed by atoms with van der Waals surface area (Å²) in [7, 11) is -3.89. The van der Waals surface area contributed by atoms with Gasteiger partial charge in [0.05, 0.1) is 9.92 Å². The van der Waals surface area contributed by atoms with Gasteiger partial charge in [-0.2, -0.15) is 0 Å². The third-order valence-electron chi connectivity index (χ3n) is 4.10. The number of pyridine rings is 1. The highest BCUT2D eigenvalue weighted by Gasteiger charge is 2.24. The molecular formula is C18H16ClFN2O2S. The molecular weight excluding hydrogens is 363 g/mol. The quantitative estimate of drug-likeness (QED) is 0.647. The minimum atomic E-state index is -3.89. The van der Waals surface area contributed by atoms with E-state index in [0.29, 0.717) is 21.5 Å². The predicted molar refractivity (Wildman–Crippen MR) is 97.9 cm³/mol. The van der Waals surface area contributed by atoms with Gasteiger partial charge in [0.15, 0.2) is 5.65 Å². The van der Waals surface area contributed by atoms with E-state index in [1.165, 1.54) is 31.5 Å². The lowest BCUT2D eigenvalue weighted by atomic mass is 10.1. The fraction of sp³-hybridized carbons (Fsp3) is 0.167. The lowest BCUT2D eigenvalue weighted by Crippen LogP contribution is -2.12. The Morgan fingerprint density at radius 3 is 2.40 bits per heavy atom. The summed E-state index contributed by atoms with van der Waals surface area (Å²) in [6.45, 7) is 4.77. The summed E-state index contributed by atoms with van der Waals surface area (Å²) in [4.78, 5) is 4.29. The van der Waals surface area contributed by atoms with Crippen LogP contribution >= 0.6 is 11.6 Å². The Bertz CT molecular complexity index is 1100. The Labute approximate surface area is 150 Å². The van der Waals surface area contributed by atoms with Crippen LogP contribution in [0.5, 0.6) is 0 Å². The van der Waals surface area contributed by atoms with Crippen molar-refractivity contribution in [2.75, 3.05) is 0 Å². The van der Waals surface area contributed by atoms with Crippen molar-refractivity contribution in [3.63, 3.8) is 0 Å². The summed E-state index contributed by atoms with van der Waals surface area (Å²) in [6, 6.07) is 8.05. The Morgan fingerprint density at radius 2 is 1.80 bits per heavy atom. The van der Waals surface area contributed by atoms with Crippen LogP contribution in [0.1, 0.15) is 25.0 Å². The molecule has 130 valence electrons. The van der Waals surface area contributed by atoms with Gasteiger partial charge in [-0.05, 0) is 44.5 Å². The predicted octanol–water partition coefficient (Wildman–Crippen LogP) is 4.96. The topological polar surface area (TPSA) is 52.0 Å². The van der Waals surface area contributed by atoms with Crippen LogP contribution in [0.4, 0.5) is 4.39 Å². The van der Waals surface area contributed by atoms with E-state index in [-0.39, 0.29) is 10.5 Å². The van der Waals surface area contributed by atoms with Crippen molar-refractivity contribution in [2.45, 2.75) is 25.7 Å². The van der Waals surface area contributed by atoms with Crippen molar-refractivity contribution < 1.29 is 12.8 Å². The van der Waals surface area contributed by atoms with Gasteiger partial charge in [0, 0.05) is 23.3 Å². The smallest absolute Gasteiger partial charge is 0.237 e. The zero-order valence-corrected chi connectivity index (χ0v) is 15.5. The molecule has 7 heteroatoms. The molecule has 3 aromatic rings. The maximum Gasteiger partial charge on any atom is 0.269 e. The number of aryl methyl sites for hydroxylation is 1. The minimum Gasteiger partial charge on any atom is -0.237 e. The van der Waals surface area contributed by atoms with Crippen molar-refractivity contribution in [2.24, 2.45) is 0 Å². The first-order chi connectivity index (χ1) is 11.7. The molecule has 4 nitrogen and oxygen atoms in total. The van der Waals surface area contributed by atoms with Crippen LogP contribution in [0.2, 0.25) is 5.02 Å². The SMILES string of the molecule is C/C(F)=C(\C)c1cn(S(=O)(=O)c2ccc(C)cc2)c2nccc(Cl)c12. The van der Waals surface area contributed by atoms with Gasteiger partial charge >= 0.3 is 0 Å². The fourth-order valence-electron chi connectivity index (χ4n) is 2.56. The number of aromatic nitrogens is 2. The molecule has 0 spiro atoms. The largest absolute Gasteiger partial charge is 0.269 e. The summed E-state index contributed by atoms with van der Waals surface area (Å²) < 4.78 is 40.9. The zero-order chi connectivity index (χ0) is 18.4. The van der Waals surface area contributed by atoms with Crippen molar-refractivity contribution >= 4 is 38.2 Å². The second kappa shape index (κ2) is 6.28. The molecule has 0 aliphatic heterocycles. The highest BCUT2D eigenvalue weighted by Crippen LogP contribution is 2.34. The van der Waals surface area contributed by atoms with Crippen molar-refractivity contribution in [3.8, 4) is 0 Å². The van der Waals surface area contributed by atoms with Gasteiger partial charge in [-0.25, -0.2) is 21.8 Å². The molecule has 0 radical (unpaired) electrons. The molecule has 0 saturated heterocycles. The average Bonchev–Trinajstić information content (AvgIpc) is 2.96. The van der Waals surface area contributed by atoms with Crippen molar-refractivity contribution in [1.29, 1.82) is 0 Å². The van der Waals surface area contributed by atoms with E-state index in [2.05, 4.69) is 4.98 Å².